The van der Waals surface area contributed by atoms with E-state index >= 15 is 0 Å². The van der Waals surface area contributed by atoms with Gasteiger partial charge in [0.2, 0.25) is 11.1 Å². The van der Waals surface area contributed by atoms with E-state index in [1.807, 2.05) is 64.1 Å². The lowest BCUT2D eigenvalue weighted by Crippen LogP contribution is -2.31. The van der Waals surface area contributed by atoms with E-state index in [1.165, 1.54) is 0 Å². The van der Waals surface area contributed by atoms with E-state index in [0.29, 0.717) is 47.1 Å². The number of aryl methyl sites for hydroxylation is 1. The van der Waals surface area contributed by atoms with E-state index in [9.17, 15) is 4.79 Å². The summed E-state index contributed by atoms with van der Waals surface area (Å²) in [6.07, 6.45) is 2.18. The Morgan fingerprint density at radius 1 is 1.16 bits per heavy atom. The Bertz CT molecular complexity index is 1340. The lowest BCUT2D eigenvalue weighted by molar-refractivity contribution is -0.113. The average molecular weight is 601 g/mol. The molecule has 3 aromatic rings. The van der Waals surface area contributed by atoms with Gasteiger partial charge in [-0.25, -0.2) is 4.68 Å². The molecule has 0 bridgehead atoms. The molecule has 38 heavy (non-hydrogen) atoms. The second-order valence-corrected chi connectivity index (χ2v) is 10.9. The first-order valence-electron chi connectivity index (χ1n) is 12.9. The number of benzene rings is 2. The monoisotopic (exact) mass is 599 g/mol. The van der Waals surface area contributed by atoms with Crippen molar-refractivity contribution in [2.75, 3.05) is 29.6 Å². The van der Waals surface area contributed by atoms with Crippen LogP contribution in [0.5, 0.6) is 11.5 Å². The summed E-state index contributed by atoms with van der Waals surface area (Å²) in [7, 11) is 0. The van der Waals surface area contributed by atoms with Gasteiger partial charge in [-0.1, -0.05) is 37.2 Å². The quantitative estimate of drug-likeness (QED) is 0.182. The number of amides is 1. The molecule has 1 aliphatic heterocycles. The molecule has 0 fully saturated rings. The third kappa shape index (κ3) is 6.18. The number of unbranched alkanes of at least 4 members (excludes halogenated alkanes) is 1. The van der Waals surface area contributed by atoms with Gasteiger partial charge in [-0.05, 0) is 85.4 Å². The zero-order chi connectivity index (χ0) is 27.2. The second kappa shape index (κ2) is 12.7. The molecule has 10 heteroatoms. The summed E-state index contributed by atoms with van der Waals surface area (Å²) < 4.78 is 14.4. The van der Waals surface area contributed by atoms with E-state index in [1.54, 1.807) is 16.4 Å². The zero-order valence-corrected chi connectivity index (χ0v) is 24.8. The van der Waals surface area contributed by atoms with Gasteiger partial charge in [0.15, 0.2) is 11.5 Å². The van der Waals surface area contributed by atoms with E-state index in [2.05, 4.69) is 33.5 Å². The predicted molar refractivity (Wildman–Crippen MR) is 156 cm³/mol. The fraction of sp³-hybridized carbons (Fsp3) is 0.393. The molecular formula is C28H34BrN5O3S. The number of hydrogen-bond acceptors (Lipinski definition) is 7. The van der Waals surface area contributed by atoms with Crippen LogP contribution in [0.1, 0.15) is 57.7 Å². The van der Waals surface area contributed by atoms with Gasteiger partial charge >= 0.3 is 0 Å². The Balaban J connectivity index is 1.82. The van der Waals surface area contributed by atoms with Gasteiger partial charge in [0.1, 0.15) is 6.04 Å². The molecule has 1 atom stereocenters. The number of carbonyl (C=O) groups is 1. The number of thioether (sulfide) groups is 1. The van der Waals surface area contributed by atoms with Crippen LogP contribution < -0.4 is 20.1 Å². The maximum absolute atomic E-state index is 13.8. The van der Waals surface area contributed by atoms with Gasteiger partial charge in [0.25, 0.3) is 5.91 Å². The number of nitrogens with zero attached hydrogens (tertiary/aromatic N) is 3. The predicted octanol–water partition coefficient (Wildman–Crippen LogP) is 6.97. The molecule has 0 saturated heterocycles. The van der Waals surface area contributed by atoms with Crippen molar-refractivity contribution in [1.82, 2.24) is 14.8 Å². The Hall–Kier alpha value is -2.98. The highest BCUT2D eigenvalue weighted by molar-refractivity contribution is 9.10. The van der Waals surface area contributed by atoms with Crippen molar-refractivity contribution in [3.05, 3.63) is 63.3 Å². The van der Waals surface area contributed by atoms with E-state index < -0.39 is 6.04 Å². The Labute approximate surface area is 236 Å². The van der Waals surface area contributed by atoms with Gasteiger partial charge in [-0.2, -0.15) is 4.98 Å². The molecule has 2 aromatic carbocycles. The van der Waals surface area contributed by atoms with Crippen LogP contribution in [0, 0.1) is 6.92 Å². The van der Waals surface area contributed by atoms with Crippen molar-refractivity contribution < 1.29 is 14.3 Å². The largest absolute Gasteiger partial charge is 0.490 e. The van der Waals surface area contributed by atoms with Crippen LogP contribution in [-0.4, -0.2) is 39.6 Å². The first-order valence-corrected chi connectivity index (χ1v) is 14.7. The summed E-state index contributed by atoms with van der Waals surface area (Å²) in [4.78, 5) is 18.6. The van der Waals surface area contributed by atoms with Gasteiger partial charge in [-0.15, -0.1) is 5.10 Å². The molecule has 0 spiro atoms. The second-order valence-electron chi connectivity index (χ2n) is 8.95. The molecule has 0 aliphatic carbocycles. The van der Waals surface area contributed by atoms with Gasteiger partial charge in [0, 0.05) is 17.1 Å². The summed E-state index contributed by atoms with van der Waals surface area (Å²) >= 11 is 5.29. The molecule has 8 nitrogen and oxygen atoms in total. The summed E-state index contributed by atoms with van der Waals surface area (Å²) in [6, 6.07) is 11.1. The van der Waals surface area contributed by atoms with Crippen LogP contribution in [-0.2, 0) is 4.79 Å². The van der Waals surface area contributed by atoms with Crippen molar-refractivity contribution in [2.45, 2.75) is 58.7 Å². The van der Waals surface area contributed by atoms with Crippen LogP contribution in [0.15, 0.2) is 57.3 Å². The highest BCUT2D eigenvalue weighted by Crippen LogP contribution is 2.43. The maximum Gasteiger partial charge on any atom is 0.255 e. The normalized spacial score (nSPS) is 14.6. The minimum Gasteiger partial charge on any atom is -0.490 e. The molecule has 0 saturated carbocycles. The summed E-state index contributed by atoms with van der Waals surface area (Å²) in [5.74, 6) is 2.55. The fourth-order valence-corrected chi connectivity index (χ4v) is 5.80. The molecule has 0 radical (unpaired) electrons. The van der Waals surface area contributed by atoms with Crippen molar-refractivity contribution in [2.24, 2.45) is 0 Å². The Kier molecular flexibility index (Phi) is 9.38. The zero-order valence-electron chi connectivity index (χ0n) is 22.4. The van der Waals surface area contributed by atoms with Crippen LogP contribution in [0.4, 0.5) is 11.6 Å². The van der Waals surface area contributed by atoms with Crippen LogP contribution in [0.3, 0.4) is 0 Å². The molecule has 2 heterocycles. The maximum atomic E-state index is 13.8. The lowest BCUT2D eigenvalue weighted by Gasteiger charge is -2.29. The number of allylic oxidation sites excluding steroid dienone is 1. The summed E-state index contributed by atoms with van der Waals surface area (Å²) in [5, 5.41) is 11.9. The lowest BCUT2D eigenvalue weighted by atomic mass is 9.94. The van der Waals surface area contributed by atoms with Crippen molar-refractivity contribution >= 4 is 45.2 Å². The molecule has 1 aromatic heterocycles. The molecule has 2 N–H and O–H groups in total. The van der Waals surface area contributed by atoms with E-state index in [4.69, 9.17) is 19.6 Å². The molecule has 1 aliphatic rings. The number of carbonyl (C=O) groups excluding carboxylic acids is 1. The third-order valence-corrected chi connectivity index (χ3v) is 7.53. The number of nitrogens with one attached hydrogen (secondary N) is 2. The minimum absolute atomic E-state index is 0.213. The third-order valence-electron chi connectivity index (χ3n) is 6.02. The molecule has 4 rings (SSSR count). The molecule has 202 valence electrons. The number of aromatic nitrogens is 3. The SMILES string of the molecule is CCCCSc1nc2n(n1)C(c1cc(Br)c(OCC)c(OCC)c1)C(C(=O)Nc1cccc(C)c1)=C(C)N2. The van der Waals surface area contributed by atoms with Gasteiger partial charge in [-0.3, -0.25) is 4.79 Å². The number of fused-ring (bicyclic) bond motifs is 1. The smallest absolute Gasteiger partial charge is 0.255 e. The van der Waals surface area contributed by atoms with Crippen molar-refractivity contribution in [3.8, 4) is 11.5 Å². The van der Waals surface area contributed by atoms with Gasteiger partial charge in [0.05, 0.1) is 23.3 Å². The van der Waals surface area contributed by atoms with Crippen LogP contribution in [0.2, 0.25) is 0 Å². The molecular weight excluding hydrogens is 566 g/mol. The Morgan fingerprint density at radius 2 is 1.95 bits per heavy atom. The number of hydrogen-bond donors (Lipinski definition) is 2. The summed E-state index contributed by atoms with van der Waals surface area (Å²) in [6.45, 7) is 10.9. The van der Waals surface area contributed by atoms with E-state index in [-0.39, 0.29) is 5.91 Å². The fourth-order valence-electron chi connectivity index (χ4n) is 4.32. The molecule has 1 amide bonds. The minimum atomic E-state index is -0.532. The van der Waals surface area contributed by atoms with Crippen LogP contribution in [0.25, 0.3) is 0 Å². The topological polar surface area (TPSA) is 90.3 Å². The number of anilines is 2. The molecule has 1 unspecified atom stereocenters. The van der Waals surface area contributed by atoms with Crippen molar-refractivity contribution in [1.29, 1.82) is 0 Å². The standard InChI is InChI=1S/C28H34BrN5O3S/c1-6-9-13-38-28-32-27-30-18(5)23(26(35)31-20-12-10-11-17(4)14-20)24(34(27)33-28)19-15-21(29)25(37-8-3)22(16-19)36-7-2/h10-12,14-16,24H,6-9,13H2,1-5H3,(H,31,35)(H,30,32,33). The first kappa shape index (κ1) is 28.0. The number of ether oxygens (including phenoxy) is 2. The first-order chi connectivity index (χ1) is 18.4. The highest BCUT2D eigenvalue weighted by atomic mass is 79.9. The van der Waals surface area contributed by atoms with Crippen LogP contribution >= 0.6 is 27.7 Å². The Morgan fingerprint density at radius 3 is 2.66 bits per heavy atom. The number of rotatable bonds is 11. The summed E-state index contributed by atoms with van der Waals surface area (Å²) in [5.41, 5.74) is 3.89. The highest BCUT2D eigenvalue weighted by Gasteiger charge is 2.35. The van der Waals surface area contributed by atoms with Gasteiger partial charge < -0.3 is 20.1 Å². The average Bonchev–Trinajstić information content (AvgIpc) is 3.27. The number of halogens is 1. The van der Waals surface area contributed by atoms with E-state index in [0.717, 1.165) is 39.9 Å². The van der Waals surface area contributed by atoms with Crippen molar-refractivity contribution in [3.63, 3.8) is 0 Å².